The SMILES string of the molecule is CC(C)NCCCS(=O)(=O)Nc1ccc(Cl)c(Cl)c1. The zero-order valence-electron chi connectivity index (χ0n) is 10.9. The molecule has 2 N–H and O–H groups in total. The summed E-state index contributed by atoms with van der Waals surface area (Å²) in [5.74, 6) is 0.0625. The first kappa shape index (κ1) is 16.6. The topological polar surface area (TPSA) is 58.2 Å². The van der Waals surface area contributed by atoms with Gasteiger partial charge in [-0.15, -0.1) is 0 Å². The van der Waals surface area contributed by atoms with E-state index in [1.807, 2.05) is 13.8 Å². The summed E-state index contributed by atoms with van der Waals surface area (Å²) in [7, 11) is -3.35. The van der Waals surface area contributed by atoms with Crippen LogP contribution in [0.15, 0.2) is 18.2 Å². The van der Waals surface area contributed by atoms with Crippen molar-refractivity contribution in [2.75, 3.05) is 17.0 Å². The van der Waals surface area contributed by atoms with Crippen molar-refractivity contribution in [3.05, 3.63) is 28.2 Å². The Morgan fingerprint density at radius 3 is 2.47 bits per heavy atom. The Hall–Kier alpha value is -0.490. The molecule has 0 atom stereocenters. The highest BCUT2D eigenvalue weighted by atomic mass is 35.5. The van der Waals surface area contributed by atoms with E-state index in [1.54, 1.807) is 12.1 Å². The second-order valence-electron chi connectivity index (χ2n) is 4.51. The van der Waals surface area contributed by atoms with Gasteiger partial charge in [-0.05, 0) is 31.2 Å². The van der Waals surface area contributed by atoms with Crippen molar-refractivity contribution in [3.8, 4) is 0 Å². The van der Waals surface area contributed by atoms with Gasteiger partial charge >= 0.3 is 0 Å². The molecule has 1 aromatic carbocycles. The van der Waals surface area contributed by atoms with Crippen LogP contribution in [0.2, 0.25) is 10.0 Å². The molecule has 0 spiro atoms. The van der Waals surface area contributed by atoms with Crippen molar-refractivity contribution < 1.29 is 8.42 Å². The molecule has 0 amide bonds. The number of hydrogen-bond acceptors (Lipinski definition) is 3. The van der Waals surface area contributed by atoms with E-state index in [1.165, 1.54) is 6.07 Å². The molecule has 1 aromatic rings. The minimum atomic E-state index is -3.35. The molecular formula is C12H18Cl2N2O2S. The molecule has 0 aliphatic rings. The molecule has 7 heteroatoms. The third kappa shape index (κ3) is 6.47. The van der Waals surface area contributed by atoms with Crippen LogP contribution in [-0.4, -0.2) is 26.8 Å². The smallest absolute Gasteiger partial charge is 0.232 e. The van der Waals surface area contributed by atoms with Crippen LogP contribution >= 0.6 is 23.2 Å². The predicted octanol–water partition coefficient (Wildman–Crippen LogP) is 3.12. The lowest BCUT2D eigenvalue weighted by atomic mass is 10.3. The molecule has 0 bridgehead atoms. The lowest BCUT2D eigenvalue weighted by molar-refractivity contribution is 0.571. The van der Waals surface area contributed by atoms with E-state index in [9.17, 15) is 8.42 Å². The van der Waals surface area contributed by atoms with Crippen molar-refractivity contribution in [1.82, 2.24) is 5.32 Å². The molecule has 0 fully saturated rings. The van der Waals surface area contributed by atoms with Gasteiger partial charge in [0, 0.05) is 6.04 Å². The minimum absolute atomic E-state index is 0.0625. The van der Waals surface area contributed by atoms with Gasteiger partial charge in [0.05, 0.1) is 21.5 Å². The van der Waals surface area contributed by atoms with Crippen molar-refractivity contribution in [2.24, 2.45) is 0 Å². The van der Waals surface area contributed by atoms with Crippen molar-refractivity contribution in [3.63, 3.8) is 0 Å². The number of rotatable bonds is 7. The number of anilines is 1. The van der Waals surface area contributed by atoms with E-state index in [0.29, 0.717) is 34.7 Å². The molecule has 0 unspecified atom stereocenters. The fourth-order valence-corrected chi connectivity index (χ4v) is 2.85. The Bertz CT molecular complexity index is 518. The number of hydrogen-bond donors (Lipinski definition) is 2. The van der Waals surface area contributed by atoms with E-state index < -0.39 is 10.0 Å². The normalized spacial score (nSPS) is 11.8. The van der Waals surface area contributed by atoms with Crippen LogP contribution in [0.3, 0.4) is 0 Å². The van der Waals surface area contributed by atoms with Gasteiger partial charge in [0.15, 0.2) is 0 Å². The van der Waals surface area contributed by atoms with Gasteiger partial charge in [0.1, 0.15) is 0 Å². The fourth-order valence-electron chi connectivity index (χ4n) is 1.44. The van der Waals surface area contributed by atoms with Crippen LogP contribution < -0.4 is 10.0 Å². The van der Waals surface area contributed by atoms with Crippen molar-refractivity contribution in [2.45, 2.75) is 26.3 Å². The predicted molar refractivity (Wildman–Crippen MR) is 81.6 cm³/mol. The molecule has 0 saturated heterocycles. The largest absolute Gasteiger partial charge is 0.314 e. The van der Waals surface area contributed by atoms with Crippen LogP contribution in [-0.2, 0) is 10.0 Å². The number of nitrogens with one attached hydrogen (secondary N) is 2. The lowest BCUT2D eigenvalue weighted by Gasteiger charge is -2.10. The van der Waals surface area contributed by atoms with Crippen molar-refractivity contribution in [1.29, 1.82) is 0 Å². The zero-order valence-corrected chi connectivity index (χ0v) is 13.2. The van der Waals surface area contributed by atoms with Gasteiger partial charge < -0.3 is 5.32 Å². The van der Waals surface area contributed by atoms with Gasteiger partial charge in [0.25, 0.3) is 0 Å². The van der Waals surface area contributed by atoms with E-state index in [-0.39, 0.29) is 5.75 Å². The Labute approximate surface area is 124 Å². The number of benzene rings is 1. The van der Waals surface area contributed by atoms with E-state index in [2.05, 4.69) is 10.0 Å². The molecular weight excluding hydrogens is 307 g/mol. The summed E-state index contributed by atoms with van der Waals surface area (Å²) in [4.78, 5) is 0. The maximum Gasteiger partial charge on any atom is 0.232 e. The summed E-state index contributed by atoms with van der Waals surface area (Å²) in [5.41, 5.74) is 0.422. The summed E-state index contributed by atoms with van der Waals surface area (Å²) >= 11 is 11.6. The van der Waals surface area contributed by atoms with E-state index in [4.69, 9.17) is 23.2 Å². The van der Waals surface area contributed by atoms with Gasteiger partial charge in [-0.3, -0.25) is 4.72 Å². The van der Waals surface area contributed by atoms with Gasteiger partial charge in [-0.25, -0.2) is 8.42 Å². The molecule has 108 valence electrons. The van der Waals surface area contributed by atoms with E-state index >= 15 is 0 Å². The molecule has 4 nitrogen and oxygen atoms in total. The quantitative estimate of drug-likeness (QED) is 0.757. The lowest BCUT2D eigenvalue weighted by Crippen LogP contribution is -2.26. The third-order valence-corrected chi connectivity index (χ3v) is 4.45. The molecule has 0 aliphatic carbocycles. The van der Waals surface area contributed by atoms with Gasteiger partial charge in [-0.2, -0.15) is 0 Å². The summed E-state index contributed by atoms with van der Waals surface area (Å²) in [6.07, 6.45) is 0.550. The minimum Gasteiger partial charge on any atom is -0.314 e. The average Bonchev–Trinajstić information content (AvgIpc) is 2.29. The summed E-state index contributed by atoms with van der Waals surface area (Å²) in [6, 6.07) is 4.99. The highest BCUT2D eigenvalue weighted by Crippen LogP contribution is 2.25. The first-order valence-electron chi connectivity index (χ1n) is 5.99. The maximum atomic E-state index is 11.8. The first-order chi connectivity index (χ1) is 8.80. The van der Waals surface area contributed by atoms with Gasteiger partial charge in [-0.1, -0.05) is 37.0 Å². The summed E-state index contributed by atoms with van der Waals surface area (Å²) < 4.78 is 26.1. The number of sulfonamides is 1. The maximum absolute atomic E-state index is 11.8. The Kier molecular flexibility index (Phi) is 6.39. The summed E-state index contributed by atoms with van der Waals surface area (Å²) in [5, 5.41) is 3.88. The molecule has 0 radical (unpaired) electrons. The highest BCUT2D eigenvalue weighted by Gasteiger charge is 2.11. The Morgan fingerprint density at radius 1 is 1.21 bits per heavy atom. The molecule has 0 saturated carbocycles. The standard InChI is InChI=1S/C12H18Cl2N2O2S/c1-9(2)15-6-3-7-19(17,18)16-10-4-5-11(13)12(14)8-10/h4-5,8-9,15-16H,3,6-7H2,1-2H3. The number of halogens is 2. The average molecular weight is 325 g/mol. The molecule has 0 aromatic heterocycles. The highest BCUT2D eigenvalue weighted by molar-refractivity contribution is 7.92. The second kappa shape index (κ2) is 7.33. The van der Waals surface area contributed by atoms with Gasteiger partial charge in [0.2, 0.25) is 10.0 Å². The zero-order chi connectivity index (χ0) is 14.5. The molecule has 0 heterocycles. The monoisotopic (exact) mass is 324 g/mol. The first-order valence-corrected chi connectivity index (χ1v) is 8.40. The van der Waals surface area contributed by atoms with Crippen LogP contribution in [0.4, 0.5) is 5.69 Å². The molecule has 0 aliphatic heterocycles. The fraction of sp³-hybridized carbons (Fsp3) is 0.500. The van der Waals surface area contributed by atoms with Crippen LogP contribution in [0.25, 0.3) is 0 Å². The van der Waals surface area contributed by atoms with Crippen LogP contribution in [0.1, 0.15) is 20.3 Å². The van der Waals surface area contributed by atoms with Crippen LogP contribution in [0.5, 0.6) is 0 Å². The third-order valence-electron chi connectivity index (χ3n) is 2.34. The summed E-state index contributed by atoms with van der Waals surface area (Å²) in [6.45, 7) is 4.70. The van der Waals surface area contributed by atoms with Crippen LogP contribution in [0, 0.1) is 0 Å². The molecule has 1 rings (SSSR count). The second-order valence-corrected chi connectivity index (χ2v) is 7.17. The molecule has 19 heavy (non-hydrogen) atoms. The van der Waals surface area contributed by atoms with E-state index in [0.717, 1.165) is 0 Å². The Morgan fingerprint density at radius 2 is 1.89 bits per heavy atom. The van der Waals surface area contributed by atoms with Crippen molar-refractivity contribution >= 4 is 38.9 Å². The Balaban J connectivity index is 2.52.